The number of urea groups is 1. The van der Waals surface area contributed by atoms with Crippen molar-refractivity contribution in [3.8, 4) is 5.75 Å². The van der Waals surface area contributed by atoms with E-state index in [9.17, 15) is 22.4 Å². The summed E-state index contributed by atoms with van der Waals surface area (Å²) in [4.78, 5) is 24.4. The topological polar surface area (TPSA) is 105 Å². The maximum Gasteiger partial charge on any atom is 0.329 e. The zero-order valence-corrected chi connectivity index (χ0v) is 16.4. The number of rotatable bonds is 8. The molecule has 1 aliphatic heterocycles. The van der Waals surface area contributed by atoms with Crippen molar-refractivity contribution in [2.45, 2.75) is 24.5 Å². The van der Waals surface area contributed by atoms with Crippen LogP contribution in [0.15, 0.2) is 53.4 Å². The predicted octanol–water partition coefficient (Wildman–Crippen LogP) is 1.96. The molecule has 29 heavy (non-hydrogen) atoms. The van der Waals surface area contributed by atoms with Crippen LogP contribution >= 0.6 is 0 Å². The van der Waals surface area contributed by atoms with E-state index < -0.39 is 28.1 Å². The van der Waals surface area contributed by atoms with Gasteiger partial charge in [0.2, 0.25) is 15.9 Å². The maximum absolute atomic E-state index is 12.9. The van der Waals surface area contributed by atoms with Crippen LogP contribution in [0.25, 0.3) is 0 Å². The molecule has 0 saturated carbocycles. The van der Waals surface area contributed by atoms with Crippen molar-refractivity contribution in [2.75, 3.05) is 18.1 Å². The summed E-state index contributed by atoms with van der Waals surface area (Å²) in [5.74, 6) is -0.144. The summed E-state index contributed by atoms with van der Waals surface area (Å²) in [7, 11) is -3.84. The predicted molar refractivity (Wildman–Crippen MR) is 104 cm³/mol. The molecule has 0 bridgehead atoms. The normalized spacial score (nSPS) is 15.3. The zero-order valence-electron chi connectivity index (χ0n) is 15.6. The van der Waals surface area contributed by atoms with Gasteiger partial charge in [-0.05, 0) is 36.8 Å². The van der Waals surface area contributed by atoms with Crippen molar-refractivity contribution >= 4 is 27.6 Å². The zero-order chi connectivity index (χ0) is 21.0. The smallest absolute Gasteiger partial charge is 0.329 e. The fraction of sp³-hybridized carbons (Fsp3) is 0.263. The van der Waals surface area contributed by atoms with Crippen LogP contribution < -0.4 is 19.7 Å². The number of nitrogens with one attached hydrogen (secondary N) is 2. The van der Waals surface area contributed by atoms with Crippen LogP contribution in [0.1, 0.15) is 12.5 Å². The Balaban J connectivity index is 1.69. The van der Waals surface area contributed by atoms with E-state index in [1.807, 2.05) is 0 Å². The highest BCUT2D eigenvalue weighted by Gasteiger charge is 2.28. The summed E-state index contributed by atoms with van der Waals surface area (Å²) in [6, 6.07) is 11.9. The fourth-order valence-corrected chi connectivity index (χ4v) is 3.74. The quantitative estimate of drug-likeness (QED) is 0.634. The van der Waals surface area contributed by atoms with E-state index in [1.54, 1.807) is 30.3 Å². The van der Waals surface area contributed by atoms with Gasteiger partial charge in [0, 0.05) is 18.3 Å². The minimum Gasteiger partial charge on any atom is -0.491 e. The average molecular weight is 421 g/mol. The lowest BCUT2D eigenvalue weighted by molar-refractivity contribution is -0.117. The van der Waals surface area contributed by atoms with Crippen LogP contribution in [0, 0.1) is 0 Å². The Morgan fingerprint density at radius 1 is 1.21 bits per heavy atom. The summed E-state index contributed by atoms with van der Waals surface area (Å²) < 4.78 is 45.8. The van der Waals surface area contributed by atoms with Crippen LogP contribution in [0.4, 0.5) is 14.9 Å². The van der Waals surface area contributed by atoms with Gasteiger partial charge in [-0.2, -0.15) is 0 Å². The number of nitrogens with zero attached hydrogens (tertiary/aromatic N) is 1. The molecule has 0 spiro atoms. The van der Waals surface area contributed by atoms with Gasteiger partial charge in [0.25, 0.3) is 0 Å². The third-order valence-corrected chi connectivity index (χ3v) is 5.48. The molecule has 2 aromatic rings. The first-order valence-electron chi connectivity index (χ1n) is 8.81. The Morgan fingerprint density at radius 2 is 1.97 bits per heavy atom. The second-order valence-corrected chi connectivity index (χ2v) is 8.27. The van der Waals surface area contributed by atoms with Gasteiger partial charge in [-0.3, -0.25) is 15.0 Å². The molecular formula is C19H20FN3O5S. The van der Waals surface area contributed by atoms with E-state index in [2.05, 4.69) is 10.0 Å². The molecular weight excluding hydrogens is 401 g/mol. The Bertz CT molecular complexity index is 1030. The molecule has 0 radical (unpaired) electrons. The van der Waals surface area contributed by atoms with Crippen LogP contribution in [-0.2, 0) is 21.4 Å². The first-order chi connectivity index (χ1) is 13.7. The minimum absolute atomic E-state index is 0.0119. The molecule has 1 atom stereocenters. The summed E-state index contributed by atoms with van der Waals surface area (Å²) in [5, 5.41) is 2.19. The van der Waals surface area contributed by atoms with Crippen molar-refractivity contribution in [3.63, 3.8) is 0 Å². The van der Waals surface area contributed by atoms with Gasteiger partial charge in [0.15, 0.2) is 0 Å². The molecule has 2 N–H and O–H groups in total. The van der Waals surface area contributed by atoms with Crippen LogP contribution in [0.2, 0.25) is 0 Å². The number of anilines is 1. The van der Waals surface area contributed by atoms with Crippen molar-refractivity contribution in [2.24, 2.45) is 0 Å². The van der Waals surface area contributed by atoms with Gasteiger partial charge in [0.1, 0.15) is 25.1 Å². The van der Waals surface area contributed by atoms with E-state index in [0.717, 1.165) is 0 Å². The Kier molecular flexibility index (Phi) is 6.14. The molecule has 1 fully saturated rings. The van der Waals surface area contributed by atoms with E-state index in [0.29, 0.717) is 11.3 Å². The fourth-order valence-electron chi connectivity index (χ4n) is 2.69. The van der Waals surface area contributed by atoms with Gasteiger partial charge >= 0.3 is 6.03 Å². The molecule has 1 unspecified atom stereocenters. The van der Waals surface area contributed by atoms with Gasteiger partial charge in [0.05, 0.1) is 4.90 Å². The lowest BCUT2D eigenvalue weighted by atomic mass is 10.2. The summed E-state index contributed by atoms with van der Waals surface area (Å²) in [6.07, 6.45) is -1.17. The first-order valence-corrected chi connectivity index (χ1v) is 10.3. The highest BCUT2D eigenvalue weighted by atomic mass is 32.2. The first kappa shape index (κ1) is 20.7. The third-order valence-electron chi connectivity index (χ3n) is 4.08. The summed E-state index contributed by atoms with van der Waals surface area (Å²) in [6.45, 7) is 1.07. The summed E-state index contributed by atoms with van der Waals surface area (Å²) in [5.41, 5.74) is 1.10. The van der Waals surface area contributed by atoms with Gasteiger partial charge in [-0.1, -0.05) is 18.2 Å². The molecule has 1 aliphatic rings. The van der Waals surface area contributed by atoms with Crippen molar-refractivity contribution in [3.05, 3.63) is 54.1 Å². The molecule has 0 aliphatic carbocycles. The number of benzene rings is 2. The monoisotopic (exact) mass is 421 g/mol. The van der Waals surface area contributed by atoms with E-state index in [4.69, 9.17) is 4.74 Å². The molecule has 10 heteroatoms. The average Bonchev–Trinajstić information content (AvgIpc) is 3.03. The standard InChI is InChI=1S/C19H20FN3O5S/c1-13(20)12-28-16-6-3-7-17(9-16)29(26,27)21-10-14-4-2-5-15(8-14)23-11-18(24)22-19(23)25/h2-9,13,21H,10-12H2,1H3,(H,22,24,25). The molecule has 8 nitrogen and oxygen atoms in total. The molecule has 1 saturated heterocycles. The van der Waals surface area contributed by atoms with Gasteiger partial charge < -0.3 is 4.74 Å². The number of halogens is 1. The Morgan fingerprint density at radius 3 is 2.66 bits per heavy atom. The second-order valence-electron chi connectivity index (χ2n) is 6.50. The molecule has 3 amide bonds. The second kappa shape index (κ2) is 8.58. The van der Waals surface area contributed by atoms with Crippen molar-refractivity contribution < 1.29 is 27.1 Å². The SMILES string of the molecule is CC(F)COc1cccc(S(=O)(=O)NCc2cccc(N3CC(=O)NC3=O)c2)c1. The molecule has 2 aromatic carbocycles. The molecule has 1 heterocycles. The number of alkyl halides is 1. The lowest BCUT2D eigenvalue weighted by Gasteiger charge is -2.15. The highest BCUT2D eigenvalue weighted by molar-refractivity contribution is 7.89. The van der Waals surface area contributed by atoms with E-state index in [-0.39, 0.29) is 30.3 Å². The van der Waals surface area contributed by atoms with Crippen LogP contribution in [-0.4, -0.2) is 39.7 Å². The van der Waals surface area contributed by atoms with Gasteiger partial charge in [-0.25, -0.2) is 22.3 Å². The minimum atomic E-state index is -3.84. The van der Waals surface area contributed by atoms with E-state index >= 15 is 0 Å². The summed E-state index contributed by atoms with van der Waals surface area (Å²) >= 11 is 0. The number of carbonyl (C=O) groups excluding carboxylic acids is 2. The number of hydrogen-bond donors (Lipinski definition) is 2. The molecule has 0 aromatic heterocycles. The molecule has 154 valence electrons. The lowest BCUT2D eigenvalue weighted by Crippen LogP contribution is -2.28. The van der Waals surface area contributed by atoms with Gasteiger partial charge in [-0.15, -0.1) is 0 Å². The highest BCUT2D eigenvalue weighted by Crippen LogP contribution is 2.20. The number of sulfonamides is 1. The van der Waals surface area contributed by atoms with Crippen molar-refractivity contribution in [1.29, 1.82) is 0 Å². The Labute approximate surface area is 167 Å². The number of carbonyl (C=O) groups is 2. The van der Waals surface area contributed by atoms with Crippen molar-refractivity contribution in [1.82, 2.24) is 10.0 Å². The number of imide groups is 1. The third kappa shape index (κ3) is 5.30. The number of hydrogen-bond acceptors (Lipinski definition) is 5. The number of amides is 3. The van der Waals surface area contributed by atoms with Crippen LogP contribution in [0.3, 0.4) is 0 Å². The maximum atomic E-state index is 12.9. The van der Waals surface area contributed by atoms with Crippen LogP contribution in [0.5, 0.6) is 5.75 Å². The van der Waals surface area contributed by atoms with E-state index in [1.165, 1.54) is 30.0 Å². The Hall–Kier alpha value is -2.98. The molecule has 3 rings (SSSR count). The number of ether oxygens (including phenoxy) is 1. The largest absolute Gasteiger partial charge is 0.491 e.